The minimum atomic E-state index is 0.222. The van der Waals surface area contributed by atoms with Crippen molar-refractivity contribution in [1.82, 2.24) is 0 Å². The highest BCUT2D eigenvalue weighted by Crippen LogP contribution is 2.59. The number of nitrogens with one attached hydrogen (secondary N) is 1. The summed E-state index contributed by atoms with van der Waals surface area (Å²) in [4.78, 5) is 0. The van der Waals surface area contributed by atoms with E-state index in [0.717, 1.165) is 29.4 Å². The maximum Gasteiger partial charge on any atom is 0.160 e. The maximum absolute atomic E-state index is 9.88. The standard InChI is InChI=1S/C17H23NO2/c1-20-17-6-5-11(9-16(17)19)18-15-8-10-7-14(15)13-4-2-3-12(10)13/h5-6,9-10,12-15,18-19H,2-4,7-8H2,1H3. The third-order valence-electron chi connectivity index (χ3n) is 5.96. The SMILES string of the molecule is COc1ccc(NC2CC3CC2C2CCCC32)cc1O. The Balaban J connectivity index is 1.49. The van der Waals surface area contributed by atoms with E-state index in [2.05, 4.69) is 5.32 Å². The average Bonchev–Trinajstić information content (AvgIpc) is 3.10. The molecule has 3 saturated carbocycles. The van der Waals surface area contributed by atoms with Gasteiger partial charge in [-0.15, -0.1) is 0 Å². The molecule has 0 radical (unpaired) electrons. The first-order chi connectivity index (χ1) is 9.76. The molecule has 0 aliphatic heterocycles. The Labute approximate surface area is 120 Å². The molecule has 0 saturated heterocycles. The second-order valence-corrected chi connectivity index (χ2v) is 6.79. The summed E-state index contributed by atoms with van der Waals surface area (Å²) in [6.07, 6.45) is 7.10. The molecule has 2 N–H and O–H groups in total. The van der Waals surface area contributed by atoms with E-state index in [4.69, 9.17) is 4.74 Å². The Hall–Kier alpha value is -1.38. The van der Waals surface area contributed by atoms with Crippen LogP contribution in [0.5, 0.6) is 11.5 Å². The number of phenols is 1. The zero-order chi connectivity index (χ0) is 13.7. The molecule has 0 amide bonds. The quantitative estimate of drug-likeness (QED) is 0.883. The molecule has 2 bridgehead atoms. The van der Waals surface area contributed by atoms with Crippen molar-refractivity contribution >= 4 is 5.69 Å². The summed E-state index contributed by atoms with van der Waals surface area (Å²) in [5.41, 5.74) is 1.02. The fourth-order valence-corrected chi connectivity index (χ4v) is 5.23. The van der Waals surface area contributed by atoms with Gasteiger partial charge in [0.05, 0.1) is 7.11 Å². The zero-order valence-corrected chi connectivity index (χ0v) is 12.0. The minimum Gasteiger partial charge on any atom is -0.504 e. The number of hydrogen-bond acceptors (Lipinski definition) is 3. The first kappa shape index (κ1) is 12.4. The maximum atomic E-state index is 9.88. The van der Waals surface area contributed by atoms with Gasteiger partial charge in [0.1, 0.15) is 0 Å². The molecular formula is C17H23NO2. The van der Waals surface area contributed by atoms with Gasteiger partial charge in [-0.2, -0.15) is 0 Å². The molecule has 3 aliphatic carbocycles. The van der Waals surface area contributed by atoms with E-state index in [1.54, 1.807) is 13.2 Å². The Morgan fingerprint density at radius 3 is 2.80 bits per heavy atom. The van der Waals surface area contributed by atoms with Crippen LogP contribution >= 0.6 is 0 Å². The normalized spacial score (nSPS) is 38.0. The van der Waals surface area contributed by atoms with Crippen LogP contribution in [-0.4, -0.2) is 18.3 Å². The van der Waals surface area contributed by atoms with Crippen LogP contribution in [-0.2, 0) is 0 Å². The Bertz CT molecular complexity index is 516. The summed E-state index contributed by atoms with van der Waals surface area (Å²) in [5.74, 6) is 4.58. The molecule has 5 unspecified atom stereocenters. The van der Waals surface area contributed by atoms with Gasteiger partial charge in [0.15, 0.2) is 11.5 Å². The van der Waals surface area contributed by atoms with Gasteiger partial charge in [0.2, 0.25) is 0 Å². The highest BCUT2D eigenvalue weighted by molar-refractivity contribution is 5.54. The van der Waals surface area contributed by atoms with E-state index in [0.29, 0.717) is 11.8 Å². The van der Waals surface area contributed by atoms with Crippen LogP contribution in [0.1, 0.15) is 32.1 Å². The van der Waals surface area contributed by atoms with Crippen LogP contribution in [0, 0.1) is 23.7 Å². The summed E-state index contributed by atoms with van der Waals surface area (Å²) in [5, 5.41) is 13.5. The van der Waals surface area contributed by atoms with E-state index >= 15 is 0 Å². The number of fused-ring (bicyclic) bond motifs is 5. The zero-order valence-electron chi connectivity index (χ0n) is 12.0. The number of ether oxygens (including phenoxy) is 1. The number of phenolic OH excluding ortho intramolecular Hbond substituents is 1. The van der Waals surface area contributed by atoms with Crippen molar-refractivity contribution in [2.75, 3.05) is 12.4 Å². The van der Waals surface area contributed by atoms with Crippen LogP contribution < -0.4 is 10.1 Å². The Morgan fingerprint density at radius 2 is 2.00 bits per heavy atom. The first-order valence-corrected chi connectivity index (χ1v) is 7.90. The van der Waals surface area contributed by atoms with Crippen molar-refractivity contribution in [2.24, 2.45) is 23.7 Å². The van der Waals surface area contributed by atoms with Gasteiger partial charge < -0.3 is 15.2 Å². The number of aromatic hydroxyl groups is 1. The van der Waals surface area contributed by atoms with Gasteiger partial charge >= 0.3 is 0 Å². The fraction of sp³-hybridized carbons (Fsp3) is 0.647. The molecule has 1 aromatic rings. The van der Waals surface area contributed by atoms with Crippen molar-refractivity contribution in [2.45, 2.75) is 38.1 Å². The number of rotatable bonds is 3. The lowest BCUT2D eigenvalue weighted by molar-refractivity contribution is 0.243. The van der Waals surface area contributed by atoms with E-state index in [9.17, 15) is 5.11 Å². The van der Waals surface area contributed by atoms with E-state index < -0.39 is 0 Å². The van der Waals surface area contributed by atoms with Gasteiger partial charge in [-0.25, -0.2) is 0 Å². The van der Waals surface area contributed by atoms with Gasteiger partial charge in [-0.1, -0.05) is 6.42 Å². The van der Waals surface area contributed by atoms with E-state index in [-0.39, 0.29) is 5.75 Å². The third-order valence-corrected chi connectivity index (χ3v) is 5.96. The number of anilines is 1. The molecule has 0 spiro atoms. The Kier molecular flexibility index (Phi) is 2.83. The fourth-order valence-electron chi connectivity index (χ4n) is 5.23. The van der Waals surface area contributed by atoms with Gasteiger partial charge in [-0.05, 0) is 61.5 Å². The minimum absolute atomic E-state index is 0.222. The highest BCUT2D eigenvalue weighted by Gasteiger charge is 2.53. The van der Waals surface area contributed by atoms with Gasteiger partial charge in [0.25, 0.3) is 0 Å². The molecule has 5 atom stereocenters. The lowest BCUT2D eigenvalue weighted by Gasteiger charge is -2.32. The molecule has 3 aliphatic rings. The third kappa shape index (κ3) is 1.79. The summed E-state index contributed by atoms with van der Waals surface area (Å²) >= 11 is 0. The molecule has 0 aromatic heterocycles. The predicted molar refractivity (Wildman–Crippen MR) is 79.1 cm³/mol. The van der Waals surface area contributed by atoms with E-state index in [1.807, 2.05) is 12.1 Å². The van der Waals surface area contributed by atoms with Crippen LogP contribution in [0.25, 0.3) is 0 Å². The van der Waals surface area contributed by atoms with Crippen LogP contribution in [0.2, 0.25) is 0 Å². The van der Waals surface area contributed by atoms with Gasteiger partial charge in [-0.3, -0.25) is 0 Å². The second kappa shape index (κ2) is 4.57. The van der Waals surface area contributed by atoms with Crippen molar-refractivity contribution in [3.63, 3.8) is 0 Å². The van der Waals surface area contributed by atoms with Gasteiger partial charge in [0, 0.05) is 17.8 Å². The summed E-state index contributed by atoms with van der Waals surface area (Å²) in [6.45, 7) is 0. The van der Waals surface area contributed by atoms with Crippen molar-refractivity contribution in [1.29, 1.82) is 0 Å². The summed E-state index contributed by atoms with van der Waals surface area (Å²) < 4.78 is 5.10. The van der Waals surface area contributed by atoms with Crippen LogP contribution in [0.3, 0.4) is 0 Å². The smallest absolute Gasteiger partial charge is 0.160 e. The predicted octanol–water partition coefficient (Wildman–Crippen LogP) is 3.64. The molecule has 3 fully saturated rings. The molecule has 20 heavy (non-hydrogen) atoms. The summed E-state index contributed by atoms with van der Waals surface area (Å²) in [7, 11) is 1.58. The number of benzene rings is 1. The molecule has 3 nitrogen and oxygen atoms in total. The Morgan fingerprint density at radius 1 is 1.15 bits per heavy atom. The molecule has 108 valence electrons. The molecule has 0 heterocycles. The number of hydrogen-bond donors (Lipinski definition) is 2. The largest absolute Gasteiger partial charge is 0.504 e. The average molecular weight is 273 g/mol. The highest BCUT2D eigenvalue weighted by atomic mass is 16.5. The number of methoxy groups -OCH3 is 1. The molecule has 3 heteroatoms. The second-order valence-electron chi connectivity index (χ2n) is 6.79. The molecule has 1 aromatic carbocycles. The molecule has 4 rings (SSSR count). The lowest BCUT2D eigenvalue weighted by Crippen LogP contribution is -2.33. The van der Waals surface area contributed by atoms with Crippen molar-refractivity contribution < 1.29 is 9.84 Å². The van der Waals surface area contributed by atoms with Crippen molar-refractivity contribution in [3.05, 3.63) is 18.2 Å². The first-order valence-electron chi connectivity index (χ1n) is 7.90. The summed E-state index contributed by atoms with van der Waals surface area (Å²) in [6, 6.07) is 6.24. The van der Waals surface area contributed by atoms with Crippen LogP contribution in [0.15, 0.2) is 18.2 Å². The van der Waals surface area contributed by atoms with Crippen LogP contribution in [0.4, 0.5) is 5.69 Å². The molecular weight excluding hydrogens is 250 g/mol. The van der Waals surface area contributed by atoms with E-state index in [1.165, 1.54) is 32.1 Å². The van der Waals surface area contributed by atoms with Crippen molar-refractivity contribution in [3.8, 4) is 11.5 Å². The topological polar surface area (TPSA) is 41.5 Å². The lowest BCUT2D eigenvalue weighted by atomic mass is 9.79. The monoisotopic (exact) mass is 273 g/mol.